The van der Waals surface area contributed by atoms with Crippen LogP contribution in [0.1, 0.15) is 11.1 Å². The van der Waals surface area contributed by atoms with Crippen molar-refractivity contribution in [3.63, 3.8) is 0 Å². The van der Waals surface area contributed by atoms with Gasteiger partial charge in [-0.05, 0) is 17.7 Å². The van der Waals surface area contributed by atoms with Gasteiger partial charge in [0.2, 0.25) is 5.91 Å². The number of nitrogens with two attached hydrogens (primary N) is 1. The third kappa shape index (κ3) is 3.36. The van der Waals surface area contributed by atoms with Crippen LogP contribution >= 0.6 is 0 Å². The number of nitrogen functional groups attached to an aromatic ring is 1. The first-order valence-electron chi connectivity index (χ1n) is 6.09. The number of benzene rings is 1. The van der Waals surface area contributed by atoms with E-state index in [0.29, 0.717) is 17.8 Å². The molecule has 0 fully saturated rings. The van der Waals surface area contributed by atoms with Crippen LogP contribution in [0.2, 0.25) is 0 Å². The number of amides is 1. The molecule has 1 heterocycles. The van der Waals surface area contributed by atoms with Gasteiger partial charge in [0.1, 0.15) is 6.54 Å². The van der Waals surface area contributed by atoms with Crippen LogP contribution in [0.4, 0.5) is 5.69 Å². The number of carbonyl (C=O) groups is 1. The smallest absolute Gasteiger partial charge is 0.244 e. The second-order valence-electron chi connectivity index (χ2n) is 4.53. The normalized spacial score (nSPS) is 10.0. The van der Waals surface area contributed by atoms with Crippen LogP contribution in [0, 0.1) is 11.3 Å². The minimum atomic E-state index is -0.0579. The quantitative estimate of drug-likeness (QED) is 0.896. The second kappa shape index (κ2) is 5.89. The Morgan fingerprint density at radius 2 is 2.15 bits per heavy atom. The van der Waals surface area contributed by atoms with E-state index in [-0.39, 0.29) is 12.5 Å². The van der Waals surface area contributed by atoms with Crippen molar-refractivity contribution in [2.75, 3.05) is 12.8 Å². The number of rotatable bonds is 4. The molecule has 0 unspecified atom stereocenters. The predicted octanol–water partition coefficient (Wildman–Crippen LogP) is 0.996. The molecule has 6 nitrogen and oxygen atoms in total. The molecule has 1 amide bonds. The summed E-state index contributed by atoms with van der Waals surface area (Å²) in [5.41, 5.74) is 7.66. The van der Waals surface area contributed by atoms with Gasteiger partial charge in [-0.25, -0.2) is 0 Å². The molecule has 0 aliphatic heterocycles. The highest BCUT2D eigenvalue weighted by molar-refractivity contribution is 5.75. The fraction of sp³-hybridized carbons (Fsp3) is 0.214. The zero-order valence-corrected chi connectivity index (χ0v) is 11.2. The molecule has 0 bridgehead atoms. The van der Waals surface area contributed by atoms with Gasteiger partial charge in [0, 0.05) is 19.8 Å². The van der Waals surface area contributed by atoms with Crippen molar-refractivity contribution in [1.82, 2.24) is 14.7 Å². The van der Waals surface area contributed by atoms with Crippen molar-refractivity contribution < 1.29 is 4.79 Å². The molecule has 102 valence electrons. The van der Waals surface area contributed by atoms with Gasteiger partial charge in [-0.15, -0.1) is 0 Å². The summed E-state index contributed by atoms with van der Waals surface area (Å²) in [7, 11) is 1.73. The second-order valence-corrected chi connectivity index (χ2v) is 4.53. The third-order valence-corrected chi connectivity index (χ3v) is 2.88. The topological polar surface area (TPSA) is 87.9 Å². The van der Waals surface area contributed by atoms with E-state index in [4.69, 9.17) is 11.0 Å². The van der Waals surface area contributed by atoms with Crippen molar-refractivity contribution in [3.8, 4) is 6.07 Å². The van der Waals surface area contributed by atoms with E-state index in [9.17, 15) is 4.79 Å². The summed E-state index contributed by atoms with van der Waals surface area (Å²) in [5.74, 6) is -0.0579. The fourth-order valence-electron chi connectivity index (χ4n) is 1.77. The Hall–Kier alpha value is -2.81. The zero-order chi connectivity index (χ0) is 14.5. The van der Waals surface area contributed by atoms with E-state index in [1.807, 2.05) is 12.1 Å². The first-order valence-corrected chi connectivity index (χ1v) is 6.09. The maximum atomic E-state index is 12.0. The van der Waals surface area contributed by atoms with E-state index in [2.05, 4.69) is 11.2 Å². The van der Waals surface area contributed by atoms with Crippen LogP contribution in [0.15, 0.2) is 36.7 Å². The van der Waals surface area contributed by atoms with E-state index in [1.165, 1.54) is 10.9 Å². The molecule has 0 aliphatic carbocycles. The van der Waals surface area contributed by atoms with Gasteiger partial charge in [0.05, 0.1) is 23.5 Å². The van der Waals surface area contributed by atoms with E-state index in [0.717, 1.165) is 5.56 Å². The van der Waals surface area contributed by atoms with Crippen molar-refractivity contribution >= 4 is 11.6 Å². The first-order chi connectivity index (χ1) is 9.58. The number of hydrogen-bond acceptors (Lipinski definition) is 4. The fourth-order valence-corrected chi connectivity index (χ4v) is 1.77. The molecule has 0 spiro atoms. The van der Waals surface area contributed by atoms with Gasteiger partial charge in [0.15, 0.2) is 0 Å². The monoisotopic (exact) mass is 269 g/mol. The van der Waals surface area contributed by atoms with Crippen LogP contribution in [0.3, 0.4) is 0 Å². The molecule has 0 saturated carbocycles. The minimum Gasteiger partial charge on any atom is -0.396 e. The highest BCUT2D eigenvalue weighted by atomic mass is 16.2. The summed E-state index contributed by atoms with van der Waals surface area (Å²) in [5, 5.41) is 12.7. The van der Waals surface area contributed by atoms with Crippen LogP contribution < -0.4 is 5.73 Å². The molecule has 2 N–H and O–H groups in total. The Bertz CT molecular complexity index is 638. The van der Waals surface area contributed by atoms with E-state index in [1.54, 1.807) is 30.3 Å². The molecule has 1 aromatic heterocycles. The Kier molecular flexibility index (Phi) is 4.01. The maximum Gasteiger partial charge on any atom is 0.244 e. The largest absolute Gasteiger partial charge is 0.396 e. The highest BCUT2D eigenvalue weighted by Crippen LogP contribution is 2.07. The summed E-state index contributed by atoms with van der Waals surface area (Å²) in [6.45, 7) is 0.644. The lowest BCUT2D eigenvalue weighted by atomic mass is 10.1. The Labute approximate surface area is 117 Å². The molecule has 20 heavy (non-hydrogen) atoms. The summed E-state index contributed by atoms with van der Waals surface area (Å²) in [4.78, 5) is 13.6. The number of nitrogens with zero attached hydrogens (tertiary/aromatic N) is 4. The zero-order valence-electron chi connectivity index (χ0n) is 11.2. The molecule has 1 aromatic carbocycles. The molecular formula is C14H15N5O. The van der Waals surface area contributed by atoms with Crippen LogP contribution in [0.25, 0.3) is 0 Å². The van der Waals surface area contributed by atoms with Gasteiger partial charge in [0.25, 0.3) is 0 Å². The average molecular weight is 269 g/mol. The van der Waals surface area contributed by atoms with Crippen molar-refractivity contribution in [1.29, 1.82) is 5.26 Å². The van der Waals surface area contributed by atoms with Crippen LogP contribution in [-0.2, 0) is 17.9 Å². The Morgan fingerprint density at radius 1 is 1.45 bits per heavy atom. The highest BCUT2D eigenvalue weighted by Gasteiger charge is 2.10. The van der Waals surface area contributed by atoms with Crippen molar-refractivity contribution in [2.45, 2.75) is 13.1 Å². The van der Waals surface area contributed by atoms with Gasteiger partial charge in [-0.2, -0.15) is 10.4 Å². The lowest BCUT2D eigenvalue weighted by Gasteiger charge is -2.17. The molecule has 0 atom stereocenters. The molecule has 0 saturated heterocycles. The Morgan fingerprint density at radius 3 is 2.70 bits per heavy atom. The molecule has 6 heteroatoms. The van der Waals surface area contributed by atoms with Gasteiger partial charge in [-0.3, -0.25) is 9.48 Å². The number of aromatic nitrogens is 2. The molecule has 0 radical (unpaired) electrons. The lowest BCUT2D eigenvalue weighted by molar-refractivity contribution is -0.131. The molecular weight excluding hydrogens is 254 g/mol. The van der Waals surface area contributed by atoms with Crippen LogP contribution in [-0.4, -0.2) is 27.6 Å². The summed E-state index contributed by atoms with van der Waals surface area (Å²) in [6.07, 6.45) is 3.13. The number of likely N-dealkylation sites (N-methyl/N-ethyl adjacent to an activating group) is 1. The maximum absolute atomic E-state index is 12.0. The van der Waals surface area contributed by atoms with Gasteiger partial charge < -0.3 is 10.6 Å². The third-order valence-electron chi connectivity index (χ3n) is 2.88. The molecule has 2 aromatic rings. The van der Waals surface area contributed by atoms with Gasteiger partial charge >= 0.3 is 0 Å². The van der Waals surface area contributed by atoms with Crippen molar-refractivity contribution in [2.24, 2.45) is 0 Å². The van der Waals surface area contributed by atoms with Crippen LogP contribution in [0.5, 0.6) is 0 Å². The lowest BCUT2D eigenvalue weighted by Crippen LogP contribution is -2.29. The van der Waals surface area contributed by atoms with Crippen molar-refractivity contribution in [3.05, 3.63) is 47.8 Å². The SMILES string of the molecule is CN(Cc1ccc(C#N)cc1)C(=O)Cn1cc(N)cn1. The van der Waals surface area contributed by atoms with E-state index < -0.39 is 0 Å². The number of hydrogen-bond donors (Lipinski definition) is 1. The standard InChI is InChI=1S/C14H15N5O/c1-18(8-12-4-2-11(6-15)3-5-12)14(20)10-19-9-13(16)7-17-19/h2-5,7,9H,8,10,16H2,1H3. The van der Waals surface area contributed by atoms with Gasteiger partial charge in [-0.1, -0.05) is 12.1 Å². The summed E-state index contributed by atoms with van der Waals surface area (Å²) < 4.78 is 1.51. The number of carbonyl (C=O) groups excluding carboxylic acids is 1. The molecule has 2 rings (SSSR count). The van der Waals surface area contributed by atoms with E-state index >= 15 is 0 Å². The molecule has 0 aliphatic rings. The summed E-state index contributed by atoms with van der Waals surface area (Å²) in [6, 6.07) is 9.22. The average Bonchev–Trinajstić information content (AvgIpc) is 2.85. The first kappa shape index (κ1) is 13.6. The minimum absolute atomic E-state index is 0.0579. The predicted molar refractivity (Wildman–Crippen MR) is 74.3 cm³/mol. The Balaban J connectivity index is 1.95. The number of nitriles is 1. The summed E-state index contributed by atoms with van der Waals surface area (Å²) >= 11 is 0. The number of anilines is 1.